The normalized spacial score (nSPS) is 15.8. The Morgan fingerprint density at radius 3 is 2.71 bits per heavy atom. The van der Waals surface area contributed by atoms with E-state index in [0.29, 0.717) is 11.3 Å². The van der Waals surface area contributed by atoms with Gasteiger partial charge in [0.1, 0.15) is 5.75 Å². The number of esters is 1. The van der Waals surface area contributed by atoms with Crippen molar-refractivity contribution in [3.8, 4) is 5.75 Å². The summed E-state index contributed by atoms with van der Waals surface area (Å²) in [5.41, 5.74) is 3.06. The summed E-state index contributed by atoms with van der Waals surface area (Å²) in [6.07, 6.45) is 4.52. The molecule has 1 aromatic heterocycles. The molecule has 4 rings (SSSR count). The van der Waals surface area contributed by atoms with Crippen LogP contribution in [0.3, 0.4) is 0 Å². The van der Waals surface area contributed by atoms with E-state index in [1.807, 2.05) is 6.07 Å². The minimum atomic E-state index is -0.335. The summed E-state index contributed by atoms with van der Waals surface area (Å²) >= 11 is 0. The predicted octanol–water partition coefficient (Wildman–Crippen LogP) is 4.60. The molecule has 5 nitrogen and oxygen atoms in total. The maximum absolute atomic E-state index is 11.1. The molecule has 2 aromatic carbocycles. The van der Waals surface area contributed by atoms with Gasteiger partial charge in [-0.1, -0.05) is 35.5 Å². The number of benzene rings is 2. The number of hydrogen-bond donors (Lipinski definition) is 0. The van der Waals surface area contributed by atoms with Gasteiger partial charge in [0.05, 0.1) is 5.69 Å². The lowest BCUT2D eigenvalue weighted by molar-refractivity contribution is -0.131. The molecule has 0 amide bonds. The van der Waals surface area contributed by atoms with Crippen molar-refractivity contribution in [3.05, 3.63) is 59.8 Å². The highest BCUT2D eigenvalue weighted by Gasteiger charge is 2.20. The van der Waals surface area contributed by atoms with Gasteiger partial charge in [-0.2, -0.15) is 0 Å². The largest absolute Gasteiger partial charge is 0.427 e. The molecule has 0 bridgehead atoms. The standard InChI is InChI=1S/C23H26N2O3/c1-17(26)27-20-8-9-21-22(24-28-23(21)15-20)10-7-18-11-13-25(14-12-18)16-19-5-3-2-4-6-19/h2-6,8-9,15,18H,7,10-14,16H2,1H3. The van der Waals surface area contributed by atoms with Gasteiger partial charge in [0.2, 0.25) is 0 Å². The number of ether oxygens (including phenoxy) is 1. The molecule has 28 heavy (non-hydrogen) atoms. The number of fused-ring (bicyclic) bond motifs is 1. The van der Waals surface area contributed by atoms with E-state index in [9.17, 15) is 4.79 Å². The molecule has 0 unspecified atom stereocenters. The van der Waals surface area contributed by atoms with E-state index in [-0.39, 0.29) is 5.97 Å². The topological polar surface area (TPSA) is 55.6 Å². The lowest BCUT2D eigenvalue weighted by atomic mass is 9.91. The summed E-state index contributed by atoms with van der Waals surface area (Å²) in [7, 11) is 0. The van der Waals surface area contributed by atoms with Crippen LogP contribution in [0.5, 0.6) is 5.75 Å². The van der Waals surface area contributed by atoms with Crippen LogP contribution in [0.25, 0.3) is 11.0 Å². The van der Waals surface area contributed by atoms with Gasteiger partial charge < -0.3 is 9.26 Å². The van der Waals surface area contributed by atoms with Gasteiger partial charge in [0.25, 0.3) is 0 Å². The quantitative estimate of drug-likeness (QED) is 0.463. The lowest BCUT2D eigenvalue weighted by Gasteiger charge is -2.31. The van der Waals surface area contributed by atoms with Crippen molar-refractivity contribution in [2.45, 2.75) is 39.2 Å². The molecule has 3 aromatic rings. The number of carbonyl (C=O) groups is 1. The van der Waals surface area contributed by atoms with Crippen molar-refractivity contribution in [2.75, 3.05) is 13.1 Å². The Morgan fingerprint density at radius 1 is 1.18 bits per heavy atom. The van der Waals surface area contributed by atoms with E-state index in [2.05, 4.69) is 40.4 Å². The maximum Gasteiger partial charge on any atom is 0.308 e. The molecular formula is C23H26N2O3. The zero-order valence-electron chi connectivity index (χ0n) is 16.3. The van der Waals surface area contributed by atoms with Crippen LogP contribution in [0.1, 0.15) is 37.4 Å². The van der Waals surface area contributed by atoms with Gasteiger partial charge in [0.15, 0.2) is 5.58 Å². The Kier molecular flexibility index (Phi) is 5.72. The zero-order chi connectivity index (χ0) is 19.3. The molecule has 0 atom stereocenters. The zero-order valence-corrected chi connectivity index (χ0v) is 16.3. The number of piperidine rings is 1. The molecule has 0 saturated carbocycles. The number of nitrogens with zero attached hydrogens (tertiary/aromatic N) is 2. The Hall–Kier alpha value is -2.66. The third-order valence-corrected chi connectivity index (χ3v) is 5.53. The van der Waals surface area contributed by atoms with Crippen LogP contribution in [0.15, 0.2) is 53.1 Å². The minimum Gasteiger partial charge on any atom is -0.427 e. The number of aryl methyl sites for hydroxylation is 1. The average Bonchev–Trinajstić information content (AvgIpc) is 3.10. The van der Waals surface area contributed by atoms with Gasteiger partial charge >= 0.3 is 5.97 Å². The Bertz CT molecular complexity index is 927. The number of carbonyl (C=O) groups excluding carboxylic acids is 1. The van der Waals surface area contributed by atoms with Gasteiger partial charge in [-0.25, -0.2) is 0 Å². The Morgan fingerprint density at radius 2 is 1.96 bits per heavy atom. The maximum atomic E-state index is 11.1. The van der Waals surface area contributed by atoms with E-state index in [0.717, 1.165) is 49.5 Å². The third-order valence-electron chi connectivity index (χ3n) is 5.53. The fraction of sp³-hybridized carbons (Fsp3) is 0.391. The molecule has 0 aliphatic carbocycles. The smallest absolute Gasteiger partial charge is 0.308 e. The minimum absolute atomic E-state index is 0.335. The fourth-order valence-electron chi connectivity index (χ4n) is 4.00. The highest BCUT2D eigenvalue weighted by Crippen LogP contribution is 2.28. The highest BCUT2D eigenvalue weighted by atomic mass is 16.5. The van der Waals surface area contributed by atoms with E-state index < -0.39 is 0 Å². The molecule has 1 saturated heterocycles. The first-order chi connectivity index (χ1) is 13.7. The molecule has 5 heteroatoms. The summed E-state index contributed by atoms with van der Waals surface area (Å²) < 4.78 is 10.6. The van der Waals surface area contributed by atoms with Crippen molar-refractivity contribution in [2.24, 2.45) is 5.92 Å². The first-order valence-electron chi connectivity index (χ1n) is 10.0. The summed E-state index contributed by atoms with van der Waals surface area (Å²) in [6, 6.07) is 16.2. The highest BCUT2D eigenvalue weighted by molar-refractivity contribution is 5.81. The van der Waals surface area contributed by atoms with Crippen molar-refractivity contribution in [1.82, 2.24) is 10.1 Å². The molecular weight excluding hydrogens is 352 g/mol. The van der Waals surface area contributed by atoms with Crippen LogP contribution in [0.2, 0.25) is 0 Å². The van der Waals surface area contributed by atoms with Crippen LogP contribution >= 0.6 is 0 Å². The van der Waals surface area contributed by atoms with Crippen LogP contribution in [-0.4, -0.2) is 29.1 Å². The number of likely N-dealkylation sites (tertiary alicyclic amines) is 1. The number of aromatic nitrogens is 1. The third kappa shape index (κ3) is 4.60. The van der Waals surface area contributed by atoms with Crippen LogP contribution in [0.4, 0.5) is 0 Å². The monoisotopic (exact) mass is 378 g/mol. The van der Waals surface area contributed by atoms with E-state index in [1.165, 1.54) is 25.3 Å². The average molecular weight is 378 g/mol. The fourth-order valence-corrected chi connectivity index (χ4v) is 4.00. The van der Waals surface area contributed by atoms with E-state index >= 15 is 0 Å². The number of hydrogen-bond acceptors (Lipinski definition) is 5. The van der Waals surface area contributed by atoms with Crippen LogP contribution in [0, 0.1) is 5.92 Å². The molecule has 2 heterocycles. The first-order valence-corrected chi connectivity index (χ1v) is 10.0. The molecule has 0 spiro atoms. The Labute approximate surface area is 165 Å². The van der Waals surface area contributed by atoms with Crippen molar-refractivity contribution in [3.63, 3.8) is 0 Å². The van der Waals surface area contributed by atoms with Crippen molar-refractivity contribution in [1.29, 1.82) is 0 Å². The van der Waals surface area contributed by atoms with Gasteiger partial charge in [0, 0.05) is 24.9 Å². The first kappa shape index (κ1) is 18.7. The summed E-state index contributed by atoms with van der Waals surface area (Å²) in [5.74, 6) is 0.894. The SMILES string of the molecule is CC(=O)Oc1ccc2c(CCC3CCN(Cc4ccccc4)CC3)noc2c1. The molecule has 1 fully saturated rings. The summed E-state index contributed by atoms with van der Waals surface area (Å²) in [5, 5.41) is 5.26. The molecule has 146 valence electrons. The second-order valence-corrected chi connectivity index (χ2v) is 7.62. The summed E-state index contributed by atoms with van der Waals surface area (Å²) in [4.78, 5) is 13.6. The molecule has 0 N–H and O–H groups in total. The van der Waals surface area contributed by atoms with Crippen molar-refractivity contribution >= 4 is 16.9 Å². The summed E-state index contributed by atoms with van der Waals surface area (Å²) in [6.45, 7) is 4.75. The second-order valence-electron chi connectivity index (χ2n) is 7.62. The molecule has 1 aliphatic heterocycles. The Balaban J connectivity index is 1.29. The lowest BCUT2D eigenvalue weighted by Crippen LogP contribution is -2.33. The van der Waals surface area contributed by atoms with Gasteiger partial charge in [-0.05, 0) is 62.4 Å². The van der Waals surface area contributed by atoms with Gasteiger partial charge in [-0.15, -0.1) is 0 Å². The van der Waals surface area contributed by atoms with Crippen LogP contribution < -0.4 is 4.74 Å². The second kappa shape index (κ2) is 8.57. The molecule has 0 radical (unpaired) electrons. The van der Waals surface area contributed by atoms with Crippen LogP contribution in [-0.2, 0) is 17.8 Å². The van der Waals surface area contributed by atoms with Gasteiger partial charge in [-0.3, -0.25) is 9.69 Å². The predicted molar refractivity (Wildman–Crippen MR) is 108 cm³/mol. The molecule has 1 aliphatic rings. The van der Waals surface area contributed by atoms with Crippen molar-refractivity contribution < 1.29 is 14.1 Å². The van der Waals surface area contributed by atoms with E-state index in [1.54, 1.807) is 12.1 Å². The number of rotatable bonds is 6. The van der Waals surface area contributed by atoms with E-state index in [4.69, 9.17) is 9.26 Å².